The molecule has 1 aliphatic rings. The molecule has 6 heteroatoms. The third-order valence-corrected chi connectivity index (χ3v) is 6.16. The number of hydrogen-bond donors (Lipinski definition) is 1. The van der Waals surface area contributed by atoms with Crippen LogP contribution in [-0.2, 0) is 11.2 Å². The maximum Gasteiger partial charge on any atom is 0.200 e. The first-order valence-electron chi connectivity index (χ1n) is 10.0. The predicted octanol–water partition coefficient (Wildman–Crippen LogP) is 5.97. The molecular formula is C24H23ClF2O3. The lowest BCUT2D eigenvalue weighted by atomic mass is 9.90. The van der Waals surface area contributed by atoms with E-state index in [1.165, 1.54) is 19.2 Å². The third-order valence-electron chi connectivity index (χ3n) is 5.71. The van der Waals surface area contributed by atoms with E-state index in [1.807, 2.05) is 30.3 Å². The first-order chi connectivity index (χ1) is 14.5. The van der Waals surface area contributed by atoms with Gasteiger partial charge in [0.15, 0.2) is 11.6 Å². The van der Waals surface area contributed by atoms with E-state index in [2.05, 4.69) is 0 Å². The Hall–Kier alpha value is -2.21. The second-order valence-corrected chi connectivity index (χ2v) is 7.95. The van der Waals surface area contributed by atoms with Gasteiger partial charge in [-0.2, -0.15) is 4.39 Å². The van der Waals surface area contributed by atoms with Crippen LogP contribution >= 0.6 is 11.6 Å². The Morgan fingerprint density at radius 2 is 1.83 bits per heavy atom. The highest BCUT2D eigenvalue weighted by Crippen LogP contribution is 2.40. The van der Waals surface area contributed by atoms with Gasteiger partial charge >= 0.3 is 0 Å². The molecule has 1 fully saturated rings. The lowest BCUT2D eigenvalue weighted by Crippen LogP contribution is -2.25. The fourth-order valence-corrected chi connectivity index (χ4v) is 4.44. The van der Waals surface area contributed by atoms with E-state index in [9.17, 15) is 13.9 Å². The minimum atomic E-state index is -1.01. The van der Waals surface area contributed by atoms with Gasteiger partial charge in [-0.15, -0.1) is 0 Å². The fraction of sp³-hybridized carbons (Fsp3) is 0.333. The summed E-state index contributed by atoms with van der Waals surface area (Å²) in [6, 6.07) is 12.6. The number of aliphatic hydroxyl groups excluding tert-OH is 1. The van der Waals surface area contributed by atoms with Gasteiger partial charge in [0, 0.05) is 11.8 Å². The quantitative estimate of drug-likeness (QED) is 0.539. The molecular weight excluding hydrogens is 410 g/mol. The van der Waals surface area contributed by atoms with Crippen molar-refractivity contribution in [2.45, 2.75) is 37.9 Å². The summed E-state index contributed by atoms with van der Waals surface area (Å²) < 4.78 is 39.7. The van der Waals surface area contributed by atoms with Crippen LogP contribution in [0.1, 0.15) is 42.1 Å². The second kappa shape index (κ2) is 8.88. The van der Waals surface area contributed by atoms with Crippen LogP contribution < -0.4 is 4.74 Å². The topological polar surface area (TPSA) is 38.7 Å². The van der Waals surface area contributed by atoms with Gasteiger partial charge in [-0.1, -0.05) is 48.0 Å². The minimum Gasteiger partial charge on any atom is -0.494 e. The molecule has 1 saturated heterocycles. The molecule has 2 atom stereocenters. The molecule has 0 radical (unpaired) electrons. The normalized spacial score (nSPS) is 19.2. The zero-order chi connectivity index (χ0) is 21.3. The fourth-order valence-electron chi connectivity index (χ4n) is 4.16. The first kappa shape index (κ1) is 21.0. The Morgan fingerprint density at radius 1 is 1.07 bits per heavy atom. The van der Waals surface area contributed by atoms with E-state index in [0.29, 0.717) is 10.6 Å². The van der Waals surface area contributed by atoms with Crippen molar-refractivity contribution in [3.63, 3.8) is 0 Å². The maximum atomic E-state index is 14.6. The van der Waals surface area contributed by atoms with E-state index >= 15 is 0 Å². The van der Waals surface area contributed by atoms with Crippen molar-refractivity contribution >= 4 is 22.4 Å². The molecule has 4 rings (SSSR count). The van der Waals surface area contributed by atoms with Gasteiger partial charge in [0.1, 0.15) is 0 Å². The summed E-state index contributed by atoms with van der Waals surface area (Å²) in [5.41, 5.74) is 1.86. The van der Waals surface area contributed by atoms with Crippen LogP contribution in [0.25, 0.3) is 10.8 Å². The van der Waals surface area contributed by atoms with Crippen molar-refractivity contribution in [2.24, 2.45) is 0 Å². The van der Waals surface area contributed by atoms with Crippen LogP contribution in [0.3, 0.4) is 0 Å². The third kappa shape index (κ3) is 3.89. The largest absolute Gasteiger partial charge is 0.494 e. The second-order valence-electron chi connectivity index (χ2n) is 7.58. The summed E-state index contributed by atoms with van der Waals surface area (Å²) >= 11 is 6.69. The van der Waals surface area contributed by atoms with Gasteiger partial charge in [-0.3, -0.25) is 0 Å². The molecule has 1 N–H and O–H groups in total. The lowest BCUT2D eigenvalue weighted by molar-refractivity contribution is -0.0731. The van der Waals surface area contributed by atoms with Crippen molar-refractivity contribution in [2.75, 3.05) is 13.7 Å². The highest BCUT2D eigenvalue weighted by atomic mass is 35.5. The number of halogens is 3. The van der Waals surface area contributed by atoms with Gasteiger partial charge in [0.25, 0.3) is 0 Å². The number of ether oxygens (including phenoxy) is 2. The van der Waals surface area contributed by atoms with E-state index in [1.54, 1.807) is 0 Å². The van der Waals surface area contributed by atoms with Gasteiger partial charge < -0.3 is 14.6 Å². The number of methoxy groups -OCH3 is 1. The molecule has 1 aliphatic heterocycles. The zero-order valence-electron chi connectivity index (χ0n) is 16.6. The average Bonchev–Trinajstić information content (AvgIpc) is 2.79. The van der Waals surface area contributed by atoms with E-state index < -0.39 is 11.6 Å². The summed E-state index contributed by atoms with van der Waals surface area (Å²) in [5.74, 6) is -2.07. The van der Waals surface area contributed by atoms with Crippen molar-refractivity contribution in [3.05, 3.63) is 75.8 Å². The molecule has 2 unspecified atom stereocenters. The molecule has 158 valence electrons. The highest BCUT2D eigenvalue weighted by Gasteiger charge is 2.26. The molecule has 3 aromatic rings. The summed E-state index contributed by atoms with van der Waals surface area (Å²) in [6.45, 7) is -0.0226. The maximum absolute atomic E-state index is 14.6. The number of rotatable bonds is 5. The van der Waals surface area contributed by atoms with E-state index in [-0.39, 0.29) is 36.5 Å². The zero-order valence-corrected chi connectivity index (χ0v) is 17.4. The molecule has 0 spiro atoms. The minimum absolute atomic E-state index is 0.0226. The van der Waals surface area contributed by atoms with Gasteiger partial charge in [0.2, 0.25) is 5.82 Å². The molecule has 1 heterocycles. The van der Waals surface area contributed by atoms with Crippen LogP contribution in [0.4, 0.5) is 8.78 Å². The number of fused-ring (bicyclic) bond motifs is 1. The van der Waals surface area contributed by atoms with Crippen molar-refractivity contribution in [3.8, 4) is 5.75 Å². The molecule has 30 heavy (non-hydrogen) atoms. The molecule has 3 nitrogen and oxygen atoms in total. The highest BCUT2D eigenvalue weighted by molar-refractivity contribution is 6.36. The van der Waals surface area contributed by atoms with Gasteiger partial charge in [-0.25, -0.2) is 4.39 Å². The Labute approximate surface area is 179 Å². The number of benzene rings is 3. The van der Waals surface area contributed by atoms with Crippen molar-refractivity contribution < 1.29 is 23.4 Å². The van der Waals surface area contributed by atoms with E-state index in [0.717, 1.165) is 35.6 Å². The SMILES string of the molecule is COc1ccc(Cc2cc(C3CCCC(CO)O3)c3ccccc3c2Cl)c(F)c1F. The smallest absolute Gasteiger partial charge is 0.200 e. The Kier molecular flexibility index (Phi) is 6.23. The summed E-state index contributed by atoms with van der Waals surface area (Å²) in [7, 11) is 1.30. The Morgan fingerprint density at radius 3 is 2.57 bits per heavy atom. The summed E-state index contributed by atoms with van der Waals surface area (Å²) in [5, 5.41) is 11.9. The predicted molar refractivity (Wildman–Crippen MR) is 113 cm³/mol. The van der Waals surface area contributed by atoms with Crippen molar-refractivity contribution in [1.29, 1.82) is 0 Å². The van der Waals surface area contributed by atoms with Crippen LogP contribution in [0.15, 0.2) is 42.5 Å². The Balaban J connectivity index is 1.79. The van der Waals surface area contributed by atoms with Crippen molar-refractivity contribution in [1.82, 2.24) is 0 Å². The monoisotopic (exact) mass is 432 g/mol. The van der Waals surface area contributed by atoms with Crippen LogP contribution in [0.2, 0.25) is 5.02 Å². The molecule has 3 aromatic carbocycles. The van der Waals surface area contributed by atoms with Gasteiger partial charge in [0.05, 0.1) is 30.9 Å². The molecule has 0 aromatic heterocycles. The first-order valence-corrected chi connectivity index (χ1v) is 10.4. The molecule has 0 bridgehead atoms. The summed E-state index contributed by atoms with van der Waals surface area (Å²) in [6.07, 6.45) is 2.35. The lowest BCUT2D eigenvalue weighted by Gasteiger charge is -2.30. The number of hydrogen-bond acceptors (Lipinski definition) is 3. The average molecular weight is 433 g/mol. The summed E-state index contributed by atoms with van der Waals surface area (Å²) in [4.78, 5) is 0. The van der Waals surface area contributed by atoms with E-state index in [4.69, 9.17) is 21.1 Å². The van der Waals surface area contributed by atoms with Crippen LogP contribution in [0, 0.1) is 11.6 Å². The Bertz CT molecular complexity index is 1070. The standard InChI is InChI=1S/C24H23ClF2O3/c1-29-21-10-9-14(23(26)24(21)27)11-15-12-19(20-8-4-5-16(13-28)30-20)17-6-2-3-7-18(17)22(15)25/h2-3,6-7,9-10,12,16,20,28H,4-5,8,11,13H2,1H3. The number of aliphatic hydroxyl groups is 1. The van der Waals surface area contributed by atoms with Crippen LogP contribution in [-0.4, -0.2) is 24.9 Å². The van der Waals surface area contributed by atoms with Gasteiger partial charge in [-0.05, 0) is 47.4 Å². The molecule has 0 amide bonds. The molecule has 0 aliphatic carbocycles. The van der Waals surface area contributed by atoms with Crippen LogP contribution in [0.5, 0.6) is 5.75 Å². The molecule has 0 saturated carbocycles.